The highest BCUT2D eigenvalue weighted by atomic mass is 16.5. The van der Waals surface area contributed by atoms with E-state index < -0.39 is 6.04 Å². The van der Waals surface area contributed by atoms with E-state index in [0.29, 0.717) is 44.3 Å². The van der Waals surface area contributed by atoms with Crippen molar-refractivity contribution in [1.82, 2.24) is 34.6 Å². The maximum Gasteiger partial charge on any atom is 0.242 e. The van der Waals surface area contributed by atoms with Gasteiger partial charge in [0.1, 0.15) is 24.3 Å². The number of carbonyl (C=O) groups is 2. The third-order valence-corrected chi connectivity index (χ3v) is 6.37. The molecule has 2 N–H and O–H groups in total. The summed E-state index contributed by atoms with van der Waals surface area (Å²) in [5, 5.41) is 5.89. The summed E-state index contributed by atoms with van der Waals surface area (Å²) >= 11 is 0. The normalized spacial score (nSPS) is 17.9. The number of methoxy groups -OCH3 is 1. The van der Waals surface area contributed by atoms with E-state index in [2.05, 4.69) is 20.6 Å². The van der Waals surface area contributed by atoms with Gasteiger partial charge in [0.15, 0.2) is 11.5 Å². The molecule has 1 atom stereocenters. The smallest absolute Gasteiger partial charge is 0.242 e. The van der Waals surface area contributed by atoms with Crippen molar-refractivity contribution in [2.45, 2.75) is 33.0 Å². The predicted molar refractivity (Wildman–Crippen MR) is 138 cm³/mol. The summed E-state index contributed by atoms with van der Waals surface area (Å²) in [5.74, 6) is 2.27. The summed E-state index contributed by atoms with van der Waals surface area (Å²) < 4.78 is 15.6. The molecule has 1 aliphatic heterocycles. The average molecular weight is 510 g/mol. The van der Waals surface area contributed by atoms with Crippen LogP contribution in [0.4, 0.5) is 0 Å². The van der Waals surface area contributed by atoms with Gasteiger partial charge in [-0.2, -0.15) is 0 Å². The molecule has 37 heavy (non-hydrogen) atoms. The zero-order valence-corrected chi connectivity index (χ0v) is 21.8. The molecule has 11 nitrogen and oxygen atoms in total. The maximum absolute atomic E-state index is 13.1. The Balaban J connectivity index is 1.63. The molecular formula is C26H35N7O4. The van der Waals surface area contributed by atoms with Crippen LogP contribution in [0.2, 0.25) is 0 Å². The molecule has 0 spiro atoms. The summed E-state index contributed by atoms with van der Waals surface area (Å²) in [6.07, 6.45) is 7.19. The fraction of sp³-hybridized carbons (Fsp3) is 0.462. The van der Waals surface area contributed by atoms with Crippen LogP contribution >= 0.6 is 0 Å². The van der Waals surface area contributed by atoms with Crippen molar-refractivity contribution in [3.8, 4) is 22.9 Å². The predicted octanol–water partition coefficient (Wildman–Crippen LogP) is 1.44. The summed E-state index contributed by atoms with van der Waals surface area (Å²) in [6, 6.07) is 5.04. The molecule has 0 saturated heterocycles. The number of benzene rings is 1. The Hall–Kier alpha value is -3.86. The first-order valence-corrected chi connectivity index (χ1v) is 12.4. The van der Waals surface area contributed by atoms with E-state index in [1.54, 1.807) is 19.5 Å². The molecule has 3 aromatic rings. The molecule has 1 aliphatic rings. The number of carbonyl (C=O) groups excluding carboxylic acids is 2. The Labute approximate surface area is 216 Å². The van der Waals surface area contributed by atoms with Crippen molar-refractivity contribution < 1.29 is 19.1 Å². The molecule has 0 saturated carbocycles. The van der Waals surface area contributed by atoms with Crippen molar-refractivity contribution in [2.75, 3.05) is 33.4 Å². The van der Waals surface area contributed by atoms with Gasteiger partial charge in [-0.1, -0.05) is 13.8 Å². The molecule has 3 heterocycles. The largest absolute Gasteiger partial charge is 0.493 e. The fourth-order valence-corrected chi connectivity index (χ4v) is 4.29. The molecular weight excluding hydrogens is 474 g/mol. The van der Waals surface area contributed by atoms with Crippen LogP contribution in [0.15, 0.2) is 43.0 Å². The van der Waals surface area contributed by atoms with Crippen molar-refractivity contribution >= 4 is 11.8 Å². The van der Waals surface area contributed by atoms with E-state index in [4.69, 9.17) is 9.47 Å². The lowest BCUT2D eigenvalue weighted by atomic mass is 10.0. The molecule has 2 aromatic heterocycles. The van der Waals surface area contributed by atoms with E-state index in [-0.39, 0.29) is 24.3 Å². The minimum atomic E-state index is -0.643. The second-order valence-corrected chi connectivity index (χ2v) is 9.40. The van der Waals surface area contributed by atoms with E-state index in [0.717, 1.165) is 17.2 Å². The SMILES string of the molecule is COc1ccc2cc1OCCN(Cc1nccn1C)CC(=O)N[C@H](C(C)C)C(=O)NCCn1ccnc1-2. The molecule has 1 aromatic carbocycles. The van der Waals surface area contributed by atoms with Crippen LogP contribution in [-0.4, -0.2) is 75.2 Å². The monoisotopic (exact) mass is 509 g/mol. The number of fused-ring (bicyclic) bond motifs is 4. The van der Waals surface area contributed by atoms with Gasteiger partial charge in [0.05, 0.1) is 20.2 Å². The van der Waals surface area contributed by atoms with Crippen LogP contribution < -0.4 is 20.1 Å². The first kappa shape index (κ1) is 26.2. The number of ether oxygens (including phenoxy) is 2. The lowest BCUT2D eigenvalue weighted by molar-refractivity contribution is -0.130. The Morgan fingerprint density at radius 1 is 1.16 bits per heavy atom. The first-order chi connectivity index (χ1) is 17.9. The van der Waals surface area contributed by atoms with E-state index in [9.17, 15) is 9.59 Å². The summed E-state index contributed by atoms with van der Waals surface area (Å²) in [4.78, 5) is 36.9. The molecule has 198 valence electrons. The van der Waals surface area contributed by atoms with Crippen LogP contribution in [0.3, 0.4) is 0 Å². The molecule has 0 aliphatic carbocycles. The van der Waals surface area contributed by atoms with Gasteiger partial charge >= 0.3 is 0 Å². The summed E-state index contributed by atoms with van der Waals surface area (Å²) in [7, 11) is 3.52. The number of rotatable bonds is 4. The lowest BCUT2D eigenvalue weighted by Crippen LogP contribution is -2.52. The number of nitrogens with one attached hydrogen (secondary N) is 2. The zero-order valence-electron chi connectivity index (χ0n) is 21.8. The third kappa shape index (κ3) is 6.48. The second-order valence-electron chi connectivity index (χ2n) is 9.40. The van der Waals surface area contributed by atoms with Gasteiger partial charge in [-0.15, -0.1) is 0 Å². The number of amides is 2. The van der Waals surface area contributed by atoms with Gasteiger partial charge in [-0.3, -0.25) is 14.5 Å². The number of aryl methyl sites for hydroxylation is 1. The fourth-order valence-electron chi connectivity index (χ4n) is 4.29. The van der Waals surface area contributed by atoms with E-state index >= 15 is 0 Å². The Bertz CT molecular complexity index is 1220. The minimum Gasteiger partial charge on any atom is -0.493 e. The maximum atomic E-state index is 13.1. The molecule has 11 heteroatoms. The quantitative estimate of drug-likeness (QED) is 0.547. The van der Waals surface area contributed by atoms with Crippen LogP contribution in [0.5, 0.6) is 11.5 Å². The lowest BCUT2D eigenvalue weighted by Gasteiger charge is -2.25. The second kappa shape index (κ2) is 11.9. The Morgan fingerprint density at radius 3 is 2.70 bits per heavy atom. The molecule has 0 radical (unpaired) electrons. The van der Waals surface area contributed by atoms with Crippen LogP contribution in [0, 0.1) is 5.92 Å². The van der Waals surface area contributed by atoms with Gasteiger partial charge in [0.2, 0.25) is 11.8 Å². The highest BCUT2D eigenvalue weighted by Gasteiger charge is 2.25. The van der Waals surface area contributed by atoms with Crippen LogP contribution in [0.25, 0.3) is 11.4 Å². The van der Waals surface area contributed by atoms with Crippen molar-refractivity contribution in [3.05, 3.63) is 48.8 Å². The number of nitrogens with zero attached hydrogens (tertiary/aromatic N) is 5. The zero-order chi connectivity index (χ0) is 26.4. The molecule has 0 unspecified atom stereocenters. The summed E-state index contributed by atoms with van der Waals surface area (Å²) in [6.45, 7) is 6.08. The van der Waals surface area contributed by atoms with Crippen LogP contribution in [0.1, 0.15) is 19.7 Å². The van der Waals surface area contributed by atoms with Crippen molar-refractivity contribution in [1.29, 1.82) is 0 Å². The number of aromatic nitrogens is 4. The highest BCUT2D eigenvalue weighted by molar-refractivity contribution is 5.88. The molecule has 0 fully saturated rings. The van der Waals surface area contributed by atoms with Gasteiger partial charge in [-0.25, -0.2) is 9.97 Å². The Kier molecular flexibility index (Phi) is 8.44. The van der Waals surface area contributed by atoms with Crippen molar-refractivity contribution in [3.63, 3.8) is 0 Å². The highest BCUT2D eigenvalue weighted by Crippen LogP contribution is 2.32. The minimum absolute atomic E-state index is 0.0740. The number of imidazole rings is 2. The van der Waals surface area contributed by atoms with Gasteiger partial charge in [0, 0.05) is 57.0 Å². The van der Waals surface area contributed by atoms with E-state index in [1.165, 1.54) is 0 Å². The topological polar surface area (TPSA) is 116 Å². The standard InChI is InChI=1S/C26H35N7O4/c1-18(2)24-26(35)29-9-12-33-11-8-28-25(33)19-5-6-20(36-4)21(15-19)37-14-13-32(17-23(34)30-24)16-22-27-7-10-31(22)3/h5-8,10-11,15,18,24H,9,12-14,16-17H2,1-4H3,(H,29,35)(H,30,34)/t24-/m1/s1. The van der Waals surface area contributed by atoms with Gasteiger partial charge in [-0.05, 0) is 24.1 Å². The third-order valence-electron chi connectivity index (χ3n) is 6.37. The molecule has 2 amide bonds. The number of hydrogen-bond acceptors (Lipinski definition) is 7. The van der Waals surface area contributed by atoms with Gasteiger partial charge < -0.3 is 29.2 Å². The Morgan fingerprint density at radius 2 is 1.97 bits per heavy atom. The van der Waals surface area contributed by atoms with Crippen molar-refractivity contribution in [2.24, 2.45) is 13.0 Å². The number of hydrogen-bond donors (Lipinski definition) is 2. The molecule has 4 rings (SSSR count). The summed E-state index contributed by atoms with van der Waals surface area (Å²) in [5.41, 5.74) is 0.873. The molecule has 2 bridgehead atoms. The first-order valence-electron chi connectivity index (χ1n) is 12.4. The van der Waals surface area contributed by atoms with Gasteiger partial charge in [0.25, 0.3) is 0 Å². The van der Waals surface area contributed by atoms with E-state index in [1.807, 2.05) is 65.5 Å². The van der Waals surface area contributed by atoms with Crippen LogP contribution in [-0.2, 0) is 29.7 Å². The average Bonchev–Trinajstić information content (AvgIpc) is 3.50.